The van der Waals surface area contributed by atoms with Crippen molar-refractivity contribution in [2.75, 3.05) is 24.7 Å². The Morgan fingerprint density at radius 3 is 1.85 bits per heavy atom. The summed E-state index contributed by atoms with van der Waals surface area (Å²) < 4.78 is 32.6. The lowest BCUT2D eigenvalue weighted by atomic mass is 10.7. The predicted molar refractivity (Wildman–Crippen MR) is 51.4 cm³/mol. The molecule has 0 rings (SSSR count). The second-order valence-corrected chi connectivity index (χ2v) is 4.94. The molecule has 13 heavy (non-hydrogen) atoms. The van der Waals surface area contributed by atoms with Crippen LogP contribution < -0.4 is 0 Å². The average Bonchev–Trinajstić information content (AvgIpc) is 2.05. The highest BCUT2D eigenvalue weighted by Crippen LogP contribution is 2.01. The first-order chi connectivity index (χ1) is 6.05. The van der Waals surface area contributed by atoms with Crippen LogP contribution in [-0.2, 0) is 19.3 Å². The van der Waals surface area contributed by atoms with Gasteiger partial charge in [-0.3, -0.25) is 0 Å². The average molecular weight is 210 g/mol. The lowest BCUT2D eigenvalue weighted by Crippen LogP contribution is -2.28. The largest absolute Gasteiger partial charge is 0.352 e. The molecular formula is C8H18O4S. The minimum absolute atomic E-state index is 0.0504. The van der Waals surface area contributed by atoms with Gasteiger partial charge >= 0.3 is 0 Å². The summed E-state index contributed by atoms with van der Waals surface area (Å²) in [5, 5.41) is 0. The van der Waals surface area contributed by atoms with Crippen molar-refractivity contribution in [1.29, 1.82) is 0 Å². The number of rotatable bonds is 7. The van der Waals surface area contributed by atoms with Crippen molar-refractivity contribution in [3.63, 3.8) is 0 Å². The molecule has 0 radical (unpaired) electrons. The second kappa shape index (κ2) is 6.34. The number of hydrogen-bond acceptors (Lipinski definition) is 4. The van der Waals surface area contributed by atoms with E-state index in [1.54, 1.807) is 6.92 Å². The highest BCUT2D eigenvalue weighted by atomic mass is 32.2. The van der Waals surface area contributed by atoms with Crippen LogP contribution in [0.15, 0.2) is 0 Å². The summed E-state index contributed by atoms with van der Waals surface area (Å²) in [4.78, 5) is 0. The Balaban J connectivity index is 4.08. The molecule has 0 unspecified atom stereocenters. The van der Waals surface area contributed by atoms with E-state index in [9.17, 15) is 8.42 Å². The fraction of sp³-hybridized carbons (Fsp3) is 1.00. The topological polar surface area (TPSA) is 52.6 Å². The van der Waals surface area contributed by atoms with Crippen LogP contribution >= 0.6 is 0 Å². The smallest absolute Gasteiger partial charge is 0.171 e. The van der Waals surface area contributed by atoms with Crippen LogP contribution in [0.25, 0.3) is 0 Å². The molecule has 0 spiro atoms. The van der Waals surface area contributed by atoms with Crippen LogP contribution in [0.2, 0.25) is 0 Å². The Morgan fingerprint density at radius 2 is 1.54 bits per heavy atom. The first-order valence-corrected chi connectivity index (χ1v) is 6.31. The standard InChI is InChI=1S/C8H18O4S/c1-4-11-8(12-5-2)7-13(9,10)6-3/h8H,4-7H2,1-3H3. The van der Waals surface area contributed by atoms with E-state index >= 15 is 0 Å². The van der Waals surface area contributed by atoms with Gasteiger partial charge in [0.05, 0.1) is 0 Å². The maximum atomic E-state index is 11.2. The zero-order valence-corrected chi connectivity index (χ0v) is 9.26. The zero-order valence-electron chi connectivity index (χ0n) is 8.45. The molecule has 0 atom stereocenters. The SMILES string of the molecule is CCOC(CS(=O)(=O)CC)OCC. The Hall–Kier alpha value is -0.130. The van der Waals surface area contributed by atoms with E-state index in [0.29, 0.717) is 13.2 Å². The third-order valence-corrected chi connectivity index (χ3v) is 3.19. The predicted octanol–water partition coefficient (Wildman–Crippen LogP) is 0.820. The van der Waals surface area contributed by atoms with Crippen molar-refractivity contribution in [2.45, 2.75) is 27.1 Å². The molecule has 0 aliphatic heterocycles. The molecule has 0 heterocycles. The summed E-state index contributed by atoms with van der Waals surface area (Å²) in [5.41, 5.74) is 0. The molecule has 0 aliphatic rings. The van der Waals surface area contributed by atoms with Gasteiger partial charge in [-0.2, -0.15) is 0 Å². The van der Waals surface area contributed by atoms with Gasteiger partial charge in [0, 0.05) is 19.0 Å². The summed E-state index contributed by atoms with van der Waals surface area (Å²) in [6, 6.07) is 0. The van der Waals surface area contributed by atoms with Gasteiger partial charge in [-0.1, -0.05) is 6.92 Å². The minimum Gasteiger partial charge on any atom is -0.352 e. The van der Waals surface area contributed by atoms with Gasteiger partial charge in [-0.25, -0.2) is 8.42 Å². The number of hydrogen-bond donors (Lipinski definition) is 0. The van der Waals surface area contributed by atoms with Crippen LogP contribution in [0.3, 0.4) is 0 Å². The van der Waals surface area contributed by atoms with Gasteiger partial charge < -0.3 is 9.47 Å². The first-order valence-electron chi connectivity index (χ1n) is 4.49. The van der Waals surface area contributed by atoms with E-state index in [1.807, 2.05) is 13.8 Å². The second-order valence-electron chi connectivity index (χ2n) is 2.54. The van der Waals surface area contributed by atoms with Gasteiger partial charge in [-0.15, -0.1) is 0 Å². The Kier molecular flexibility index (Phi) is 6.28. The van der Waals surface area contributed by atoms with Gasteiger partial charge in [-0.05, 0) is 13.8 Å². The third kappa shape index (κ3) is 6.01. The van der Waals surface area contributed by atoms with E-state index in [0.717, 1.165) is 0 Å². The molecule has 0 aromatic carbocycles. The molecule has 0 aromatic heterocycles. The molecule has 80 valence electrons. The lowest BCUT2D eigenvalue weighted by molar-refractivity contribution is -0.120. The number of sulfone groups is 1. The lowest BCUT2D eigenvalue weighted by Gasteiger charge is -2.16. The summed E-state index contributed by atoms with van der Waals surface area (Å²) in [7, 11) is -3.01. The molecule has 0 saturated carbocycles. The van der Waals surface area contributed by atoms with E-state index in [1.165, 1.54) is 0 Å². The molecule has 0 fully saturated rings. The van der Waals surface area contributed by atoms with Crippen molar-refractivity contribution in [3.05, 3.63) is 0 Å². The van der Waals surface area contributed by atoms with E-state index in [4.69, 9.17) is 9.47 Å². The highest BCUT2D eigenvalue weighted by molar-refractivity contribution is 7.91. The van der Waals surface area contributed by atoms with E-state index in [2.05, 4.69) is 0 Å². The quantitative estimate of drug-likeness (QED) is 0.584. The maximum absolute atomic E-state index is 11.2. The minimum atomic E-state index is -3.01. The van der Waals surface area contributed by atoms with Crippen LogP contribution in [0.5, 0.6) is 0 Å². The van der Waals surface area contributed by atoms with Crippen LogP contribution in [0.4, 0.5) is 0 Å². The third-order valence-electron chi connectivity index (χ3n) is 1.53. The fourth-order valence-corrected chi connectivity index (χ4v) is 1.68. The van der Waals surface area contributed by atoms with Crippen molar-refractivity contribution < 1.29 is 17.9 Å². The van der Waals surface area contributed by atoms with Crippen LogP contribution in [0, 0.1) is 0 Å². The monoisotopic (exact) mass is 210 g/mol. The van der Waals surface area contributed by atoms with Crippen molar-refractivity contribution in [1.82, 2.24) is 0 Å². The van der Waals surface area contributed by atoms with Crippen molar-refractivity contribution in [3.8, 4) is 0 Å². The molecular weight excluding hydrogens is 192 g/mol. The van der Waals surface area contributed by atoms with Gasteiger partial charge in [0.2, 0.25) is 0 Å². The molecule has 5 heteroatoms. The van der Waals surface area contributed by atoms with E-state index in [-0.39, 0.29) is 11.5 Å². The summed E-state index contributed by atoms with van der Waals surface area (Å²) in [5.74, 6) is 0.0782. The summed E-state index contributed by atoms with van der Waals surface area (Å²) in [6.45, 7) is 6.16. The molecule has 4 nitrogen and oxygen atoms in total. The van der Waals surface area contributed by atoms with E-state index < -0.39 is 16.1 Å². The first kappa shape index (κ1) is 12.9. The van der Waals surface area contributed by atoms with Crippen molar-refractivity contribution >= 4 is 9.84 Å². The maximum Gasteiger partial charge on any atom is 0.171 e. The normalized spacial score (nSPS) is 12.3. The molecule has 0 amide bonds. The van der Waals surface area contributed by atoms with Crippen LogP contribution in [0.1, 0.15) is 20.8 Å². The fourth-order valence-electron chi connectivity index (χ4n) is 0.841. The van der Waals surface area contributed by atoms with Crippen LogP contribution in [-0.4, -0.2) is 39.4 Å². The molecule has 0 aliphatic carbocycles. The molecule has 0 N–H and O–H groups in total. The van der Waals surface area contributed by atoms with Crippen molar-refractivity contribution in [2.24, 2.45) is 0 Å². The number of ether oxygens (including phenoxy) is 2. The Morgan fingerprint density at radius 1 is 1.08 bits per heavy atom. The summed E-state index contributed by atoms with van der Waals surface area (Å²) in [6.07, 6.45) is -0.611. The Bertz CT molecular complexity index is 204. The van der Waals surface area contributed by atoms with Gasteiger partial charge in [0.1, 0.15) is 5.75 Å². The Labute approximate surface area is 80.1 Å². The summed E-state index contributed by atoms with van der Waals surface area (Å²) >= 11 is 0. The molecule has 0 saturated heterocycles. The molecule has 0 aromatic rings. The van der Waals surface area contributed by atoms with Gasteiger partial charge in [0.25, 0.3) is 0 Å². The highest BCUT2D eigenvalue weighted by Gasteiger charge is 2.17. The van der Waals surface area contributed by atoms with Gasteiger partial charge in [0.15, 0.2) is 16.1 Å². The molecule has 0 bridgehead atoms. The zero-order chi connectivity index (χ0) is 10.3.